The average Bonchev–Trinajstić information content (AvgIpc) is 2.36. The highest BCUT2D eigenvalue weighted by Gasteiger charge is 2.30. The normalized spacial score (nSPS) is 12.8. The Hall–Kier alpha value is -1.42. The van der Waals surface area contributed by atoms with Gasteiger partial charge >= 0.3 is 11.7 Å². The van der Waals surface area contributed by atoms with Gasteiger partial charge in [-0.25, -0.2) is 8.42 Å². The topological polar surface area (TPSA) is 116 Å². The molecule has 116 valence electrons. The summed E-state index contributed by atoms with van der Waals surface area (Å²) in [5.41, 5.74) is -0.730. The third-order valence-electron chi connectivity index (χ3n) is 2.39. The number of carbonyl (C=O) groups excluding carboxylic acids is 1. The predicted octanol–water partition coefficient (Wildman–Crippen LogP) is 1.74. The number of hydrogen-bond acceptors (Lipinski definition) is 6. The van der Waals surface area contributed by atoms with Gasteiger partial charge in [-0.15, -0.1) is 0 Å². The fraction of sp³-hybridized carbons (Fsp3) is 0.300. The van der Waals surface area contributed by atoms with E-state index in [1.165, 1.54) is 6.92 Å². The van der Waals surface area contributed by atoms with Crippen molar-refractivity contribution in [2.75, 3.05) is 7.11 Å². The quantitative estimate of drug-likeness (QED) is 0.488. The Morgan fingerprint density at radius 2 is 2.00 bits per heavy atom. The van der Waals surface area contributed by atoms with Gasteiger partial charge in [0.15, 0.2) is 0 Å². The van der Waals surface area contributed by atoms with Crippen LogP contribution in [0.4, 0.5) is 5.69 Å². The van der Waals surface area contributed by atoms with E-state index in [0.29, 0.717) is 0 Å². The molecule has 0 saturated heterocycles. The molecule has 1 N–H and O–H groups in total. The molecule has 11 heteroatoms. The molecule has 0 aliphatic heterocycles. The van der Waals surface area contributed by atoms with E-state index in [4.69, 9.17) is 23.2 Å². The van der Waals surface area contributed by atoms with Crippen LogP contribution in [0.3, 0.4) is 0 Å². The lowest BCUT2D eigenvalue weighted by Crippen LogP contribution is -2.39. The molecule has 0 fully saturated rings. The second-order valence-corrected chi connectivity index (χ2v) is 6.30. The molecule has 0 aromatic heterocycles. The van der Waals surface area contributed by atoms with Gasteiger partial charge in [-0.2, -0.15) is 4.72 Å². The smallest absolute Gasteiger partial charge is 0.323 e. The molecule has 0 spiro atoms. The summed E-state index contributed by atoms with van der Waals surface area (Å²) in [6.07, 6.45) is 0. The van der Waals surface area contributed by atoms with Crippen LogP contribution >= 0.6 is 23.2 Å². The molecule has 21 heavy (non-hydrogen) atoms. The van der Waals surface area contributed by atoms with Gasteiger partial charge in [0, 0.05) is 0 Å². The van der Waals surface area contributed by atoms with Gasteiger partial charge in [0.25, 0.3) is 0 Å². The fourth-order valence-electron chi connectivity index (χ4n) is 1.42. The van der Waals surface area contributed by atoms with Crippen molar-refractivity contribution >= 4 is 44.9 Å². The Balaban J connectivity index is 3.31. The molecule has 1 aromatic rings. The first-order valence-corrected chi connectivity index (χ1v) is 7.58. The lowest BCUT2D eigenvalue weighted by molar-refractivity contribution is -0.384. The Bertz CT molecular complexity index is 691. The minimum atomic E-state index is -4.26. The van der Waals surface area contributed by atoms with Crippen LogP contribution in [-0.4, -0.2) is 32.5 Å². The maximum atomic E-state index is 12.1. The van der Waals surface area contributed by atoms with E-state index >= 15 is 0 Å². The summed E-state index contributed by atoms with van der Waals surface area (Å²) in [6, 6.07) is 0.846. The molecule has 8 nitrogen and oxygen atoms in total. The van der Waals surface area contributed by atoms with Crippen LogP contribution in [0, 0.1) is 10.1 Å². The van der Waals surface area contributed by atoms with E-state index in [9.17, 15) is 23.3 Å². The highest BCUT2D eigenvalue weighted by Crippen LogP contribution is 2.37. The van der Waals surface area contributed by atoms with Gasteiger partial charge < -0.3 is 4.74 Å². The summed E-state index contributed by atoms with van der Waals surface area (Å²) in [4.78, 5) is 20.6. The van der Waals surface area contributed by atoms with Crippen molar-refractivity contribution < 1.29 is 22.9 Å². The summed E-state index contributed by atoms with van der Waals surface area (Å²) in [7, 11) is -3.17. The van der Waals surface area contributed by atoms with Gasteiger partial charge in [0.05, 0.1) is 12.0 Å². The summed E-state index contributed by atoms with van der Waals surface area (Å²) < 4.78 is 30.6. The molecular formula is C10H10Cl2N2O6S. The number of ether oxygens (including phenoxy) is 1. The second-order valence-electron chi connectivity index (χ2n) is 3.83. The molecular weight excluding hydrogens is 347 g/mol. The van der Waals surface area contributed by atoms with E-state index < -0.39 is 42.6 Å². The molecule has 0 saturated carbocycles. The number of halogens is 2. The van der Waals surface area contributed by atoms with Crippen molar-refractivity contribution in [1.29, 1.82) is 0 Å². The summed E-state index contributed by atoms with van der Waals surface area (Å²) in [6.45, 7) is 1.25. The van der Waals surface area contributed by atoms with Crippen molar-refractivity contribution in [1.82, 2.24) is 4.72 Å². The number of benzene rings is 1. The van der Waals surface area contributed by atoms with E-state index in [0.717, 1.165) is 19.2 Å². The number of hydrogen-bond donors (Lipinski definition) is 1. The van der Waals surface area contributed by atoms with Gasteiger partial charge in [-0.3, -0.25) is 14.9 Å². The maximum Gasteiger partial charge on any atom is 0.323 e. The SMILES string of the molecule is COC(=O)C(C)NS(=O)(=O)c1ccc(Cl)c([N+](=O)[O-])c1Cl. The Kier molecular flexibility index (Phi) is 5.51. The van der Waals surface area contributed by atoms with Crippen molar-refractivity contribution in [3.8, 4) is 0 Å². The number of methoxy groups -OCH3 is 1. The third-order valence-corrected chi connectivity index (χ3v) is 4.77. The average molecular weight is 357 g/mol. The molecule has 0 heterocycles. The zero-order chi connectivity index (χ0) is 16.4. The Labute approximate surface area is 130 Å². The highest BCUT2D eigenvalue weighted by atomic mass is 35.5. The fourth-order valence-corrected chi connectivity index (χ4v) is 3.50. The van der Waals surface area contributed by atoms with Crippen LogP contribution in [0.25, 0.3) is 0 Å². The highest BCUT2D eigenvalue weighted by molar-refractivity contribution is 7.89. The van der Waals surface area contributed by atoms with Crippen LogP contribution in [0.15, 0.2) is 17.0 Å². The van der Waals surface area contributed by atoms with Crippen LogP contribution in [0.2, 0.25) is 10.0 Å². The first-order chi connectivity index (χ1) is 9.61. The van der Waals surface area contributed by atoms with Crippen LogP contribution < -0.4 is 4.72 Å². The van der Waals surface area contributed by atoms with Crippen LogP contribution in [-0.2, 0) is 19.6 Å². The molecule has 1 rings (SSSR count). The van der Waals surface area contributed by atoms with Gasteiger partial charge in [-0.1, -0.05) is 23.2 Å². The minimum Gasteiger partial charge on any atom is -0.468 e. The number of carbonyl (C=O) groups is 1. The molecule has 1 unspecified atom stereocenters. The van der Waals surface area contributed by atoms with E-state index in [2.05, 4.69) is 4.74 Å². The molecule has 0 bridgehead atoms. The first-order valence-electron chi connectivity index (χ1n) is 5.34. The number of nitro groups is 1. The van der Waals surface area contributed by atoms with Crippen molar-refractivity contribution in [2.45, 2.75) is 17.9 Å². The molecule has 1 aromatic carbocycles. The largest absolute Gasteiger partial charge is 0.468 e. The molecule has 0 amide bonds. The van der Waals surface area contributed by atoms with Crippen molar-refractivity contribution in [3.05, 3.63) is 32.3 Å². The lowest BCUT2D eigenvalue weighted by atomic mass is 10.3. The van der Waals surface area contributed by atoms with Crippen molar-refractivity contribution in [2.24, 2.45) is 0 Å². The molecule has 0 radical (unpaired) electrons. The van der Waals surface area contributed by atoms with E-state index in [1.54, 1.807) is 0 Å². The standard InChI is InChI=1S/C10H10Cl2N2O6S/c1-5(10(15)20-2)13-21(18,19)7-4-3-6(11)9(8(7)12)14(16)17/h3-5,13H,1-2H3. The van der Waals surface area contributed by atoms with Crippen LogP contribution in [0.5, 0.6) is 0 Å². The molecule has 0 aliphatic carbocycles. The number of rotatable bonds is 5. The lowest BCUT2D eigenvalue weighted by Gasteiger charge is -2.13. The Morgan fingerprint density at radius 1 is 1.43 bits per heavy atom. The zero-order valence-electron chi connectivity index (χ0n) is 10.8. The number of nitrogens with one attached hydrogen (secondary N) is 1. The predicted molar refractivity (Wildman–Crippen MR) is 74.9 cm³/mol. The summed E-state index contributed by atoms with van der Waals surface area (Å²) >= 11 is 11.3. The number of esters is 1. The maximum absolute atomic E-state index is 12.1. The first kappa shape index (κ1) is 17.6. The van der Waals surface area contributed by atoms with Gasteiger partial charge in [0.1, 0.15) is 21.0 Å². The van der Waals surface area contributed by atoms with E-state index in [-0.39, 0.29) is 5.02 Å². The summed E-state index contributed by atoms with van der Waals surface area (Å²) in [5.74, 6) is -0.821. The van der Waals surface area contributed by atoms with Gasteiger partial charge in [0.2, 0.25) is 10.0 Å². The minimum absolute atomic E-state index is 0.301. The summed E-state index contributed by atoms with van der Waals surface area (Å²) in [5, 5.41) is 9.90. The second kappa shape index (κ2) is 6.56. The Morgan fingerprint density at radius 3 is 2.48 bits per heavy atom. The number of nitrogens with zero attached hydrogens (tertiary/aromatic N) is 1. The molecule has 0 aliphatic rings. The molecule has 1 atom stereocenters. The zero-order valence-corrected chi connectivity index (χ0v) is 13.1. The third kappa shape index (κ3) is 3.82. The van der Waals surface area contributed by atoms with Crippen LogP contribution in [0.1, 0.15) is 6.92 Å². The monoisotopic (exact) mass is 356 g/mol. The van der Waals surface area contributed by atoms with Gasteiger partial charge in [-0.05, 0) is 19.1 Å². The number of nitro benzene ring substituents is 1. The number of sulfonamides is 1. The van der Waals surface area contributed by atoms with Crippen molar-refractivity contribution in [3.63, 3.8) is 0 Å². The van der Waals surface area contributed by atoms with E-state index in [1.807, 2.05) is 4.72 Å².